The van der Waals surface area contributed by atoms with Crippen LogP contribution >= 0.6 is 11.6 Å². The van der Waals surface area contributed by atoms with Gasteiger partial charge in [-0.15, -0.1) is 0 Å². The second kappa shape index (κ2) is 10.4. The maximum atomic E-state index is 12.0. The van der Waals surface area contributed by atoms with E-state index in [2.05, 4.69) is 5.32 Å². The zero-order valence-corrected chi connectivity index (χ0v) is 14.8. The molecule has 3 amide bonds. The Kier molecular flexibility index (Phi) is 8.51. The van der Waals surface area contributed by atoms with Crippen LogP contribution in [0.3, 0.4) is 0 Å². The molecule has 0 spiro atoms. The molecule has 1 aromatic rings. The molecule has 0 aromatic heterocycles. The molecule has 1 aromatic carbocycles. The third-order valence-corrected chi connectivity index (χ3v) is 3.13. The maximum Gasteiger partial charge on any atom is 0.338 e. The number of rotatable bonds is 8. The number of urea groups is 1. The summed E-state index contributed by atoms with van der Waals surface area (Å²) in [5, 5.41) is 4.54. The van der Waals surface area contributed by atoms with E-state index in [0.29, 0.717) is 6.61 Å². The molecule has 0 unspecified atom stereocenters. The van der Waals surface area contributed by atoms with E-state index < -0.39 is 24.5 Å². The van der Waals surface area contributed by atoms with E-state index in [-0.39, 0.29) is 28.6 Å². The summed E-state index contributed by atoms with van der Waals surface area (Å²) in [5.41, 5.74) is 0.0694. The number of carbonyl (C=O) groups is 3. The molecule has 0 heterocycles. The van der Waals surface area contributed by atoms with E-state index in [9.17, 15) is 14.4 Å². The summed E-state index contributed by atoms with van der Waals surface area (Å²) in [6, 6.07) is 1.97. The number of hydrogen-bond acceptors (Lipinski definition) is 7. The first-order chi connectivity index (χ1) is 11.9. The molecular weight excluding hydrogens is 356 g/mol. The van der Waals surface area contributed by atoms with Crippen molar-refractivity contribution in [2.45, 2.75) is 0 Å². The lowest BCUT2D eigenvalue weighted by Gasteiger charge is -2.11. The molecule has 0 saturated carbocycles. The number of ether oxygens (including phenoxy) is 4. The van der Waals surface area contributed by atoms with Gasteiger partial charge in [-0.3, -0.25) is 10.1 Å². The van der Waals surface area contributed by atoms with Gasteiger partial charge in [0, 0.05) is 13.7 Å². The van der Waals surface area contributed by atoms with E-state index in [1.165, 1.54) is 33.5 Å². The van der Waals surface area contributed by atoms with Crippen molar-refractivity contribution in [3.05, 3.63) is 22.7 Å². The molecule has 0 saturated heterocycles. The maximum absolute atomic E-state index is 12.0. The third-order valence-electron chi connectivity index (χ3n) is 2.85. The summed E-state index contributed by atoms with van der Waals surface area (Å²) >= 11 is 5.99. The molecular formula is C15H19ClN2O7. The fourth-order valence-electron chi connectivity index (χ4n) is 1.72. The highest BCUT2D eigenvalue weighted by Crippen LogP contribution is 2.36. The van der Waals surface area contributed by atoms with E-state index in [0.717, 1.165) is 0 Å². The molecule has 0 bridgehead atoms. The number of methoxy groups -OCH3 is 3. The Morgan fingerprint density at radius 3 is 2.44 bits per heavy atom. The van der Waals surface area contributed by atoms with Crippen molar-refractivity contribution < 1.29 is 33.3 Å². The van der Waals surface area contributed by atoms with E-state index in [4.69, 9.17) is 30.5 Å². The number of imide groups is 1. The van der Waals surface area contributed by atoms with Crippen molar-refractivity contribution in [2.24, 2.45) is 0 Å². The smallest absolute Gasteiger partial charge is 0.338 e. The van der Waals surface area contributed by atoms with Gasteiger partial charge in [0.2, 0.25) is 0 Å². The molecule has 0 radical (unpaired) electrons. The van der Waals surface area contributed by atoms with Gasteiger partial charge in [0.25, 0.3) is 5.91 Å². The van der Waals surface area contributed by atoms with Gasteiger partial charge in [-0.25, -0.2) is 9.59 Å². The fourth-order valence-corrected chi connectivity index (χ4v) is 2.01. The summed E-state index contributed by atoms with van der Waals surface area (Å²) in [6.07, 6.45) is 0. The lowest BCUT2D eigenvalue weighted by Crippen LogP contribution is -2.42. The minimum atomic E-state index is -0.808. The Hall–Kier alpha value is -2.52. The number of hydrogen-bond donors (Lipinski definition) is 2. The quantitative estimate of drug-likeness (QED) is 0.515. The first-order valence-corrected chi connectivity index (χ1v) is 7.46. The summed E-state index contributed by atoms with van der Waals surface area (Å²) in [4.78, 5) is 34.9. The number of halogens is 1. The predicted octanol–water partition coefficient (Wildman–Crippen LogP) is 0.986. The van der Waals surface area contributed by atoms with Crippen LogP contribution in [0.5, 0.6) is 11.5 Å². The highest BCUT2D eigenvalue weighted by molar-refractivity contribution is 6.32. The molecule has 0 atom stereocenters. The first-order valence-electron chi connectivity index (χ1n) is 7.08. The first kappa shape index (κ1) is 20.5. The Balaban J connectivity index is 2.58. The topological polar surface area (TPSA) is 112 Å². The zero-order chi connectivity index (χ0) is 18.8. The van der Waals surface area contributed by atoms with Crippen LogP contribution in [-0.2, 0) is 14.3 Å². The predicted molar refractivity (Wildman–Crippen MR) is 88.3 cm³/mol. The number of benzene rings is 1. The van der Waals surface area contributed by atoms with Crippen LogP contribution in [0.2, 0.25) is 5.02 Å². The highest BCUT2D eigenvalue weighted by Gasteiger charge is 2.17. The summed E-state index contributed by atoms with van der Waals surface area (Å²) in [6.45, 7) is -0.0985. The molecule has 138 valence electrons. The van der Waals surface area contributed by atoms with Gasteiger partial charge in [-0.05, 0) is 12.1 Å². The standard InChI is InChI=1S/C15H19ClN2O7/c1-22-5-4-17-15(21)18-12(19)8-25-14(20)9-6-10(16)13(24-3)11(7-9)23-2/h6-7H,4-5,8H2,1-3H3,(H2,17,18,19,21). The minimum absolute atomic E-state index is 0.0694. The van der Waals surface area contributed by atoms with Crippen molar-refractivity contribution in [2.75, 3.05) is 41.1 Å². The van der Waals surface area contributed by atoms with Gasteiger partial charge in [0.1, 0.15) is 0 Å². The largest absolute Gasteiger partial charge is 0.493 e. The van der Waals surface area contributed by atoms with Gasteiger partial charge < -0.3 is 24.3 Å². The number of esters is 1. The Morgan fingerprint density at radius 2 is 1.84 bits per heavy atom. The average Bonchev–Trinajstić information content (AvgIpc) is 2.58. The SMILES string of the molecule is COCCNC(=O)NC(=O)COC(=O)c1cc(Cl)c(OC)c(OC)c1. The van der Waals surface area contributed by atoms with Crippen molar-refractivity contribution >= 4 is 29.5 Å². The zero-order valence-electron chi connectivity index (χ0n) is 14.0. The van der Waals surface area contributed by atoms with Gasteiger partial charge >= 0.3 is 12.0 Å². The lowest BCUT2D eigenvalue weighted by molar-refractivity contribution is -0.123. The van der Waals surface area contributed by atoms with Crippen LogP contribution in [0.15, 0.2) is 12.1 Å². The second-order valence-corrected chi connectivity index (χ2v) is 4.97. The summed E-state index contributed by atoms with van der Waals surface area (Å²) in [5.74, 6) is -1.08. The molecule has 0 fully saturated rings. The number of carbonyl (C=O) groups excluding carboxylic acids is 3. The van der Waals surface area contributed by atoms with Crippen LogP contribution < -0.4 is 20.1 Å². The lowest BCUT2D eigenvalue weighted by atomic mass is 10.2. The van der Waals surface area contributed by atoms with E-state index in [1.807, 2.05) is 5.32 Å². The highest BCUT2D eigenvalue weighted by atomic mass is 35.5. The molecule has 25 heavy (non-hydrogen) atoms. The van der Waals surface area contributed by atoms with Crippen LogP contribution in [0.1, 0.15) is 10.4 Å². The van der Waals surface area contributed by atoms with E-state index in [1.54, 1.807) is 0 Å². The van der Waals surface area contributed by atoms with Crippen molar-refractivity contribution in [1.82, 2.24) is 10.6 Å². The third kappa shape index (κ3) is 6.48. The second-order valence-electron chi connectivity index (χ2n) is 4.57. The molecule has 9 nitrogen and oxygen atoms in total. The molecule has 1 rings (SSSR count). The monoisotopic (exact) mass is 374 g/mol. The van der Waals surface area contributed by atoms with Gasteiger partial charge in [-0.1, -0.05) is 11.6 Å². The van der Waals surface area contributed by atoms with Crippen LogP contribution in [0.4, 0.5) is 4.79 Å². The van der Waals surface area contributed by atoms with Gasteiger partial charge in [-0.2, -0.15) is 0 Å². The van der Waals surface area contributed by atoms with Crippen molar-refractivity contribution in [3.63, 3.8) is 0 Å². The molecule has 0 aliphatic rings. The summed E-state index contributed by atoms with van der Waals surface area (Å²) < 4.78 is 19.7. The Labute approximate surface area is 149 Å². The van der Waals surface area contributed by atoms with Gasteiger partial charge in [0.05, 0.1) is 31.4 Å². The molecule has 0 aliphatic carbocycles. The average molecular weight is 375 g/mol. The van der Waals surface area contributed by atoms with Crippen LogP contribution in [-0.4, -0.2) is 59.0 Å². The summed E-state index contributed by atoms with van der Waals surface area (Å²) in [7, 11) is 4.27. The number of nitrogens with one attached hydrogen (secondary N) is 2. The normalized spacial score (nSPS) is 9.92. The fraction of sp³-hybridized carbons (Fsp3) is 0.400. The van der Waals surface area contributed by atoms with Crippen molar-refractivity contribution in [3.8, 4) is 11.5 Å². The Morgan fingerprint density at radius 1 is 1.12 bits per heavy atom. The van der Waals surface area contributed by atoms with Gasteiger partial charge in [0.15, 0.2) is 18.1 Å². The minimum Gasteiger partial charge on any atom is -0.493 e. The molecule has 0 aliphatic heterocycles. The Bertz CT molecular complexity index is 637. The van der Waals surface area contributed by atoms with Crippen LogP contribution in [0.25, 0.3) is 0 Å². The van der Waals surface area contributed by atoms with Crippen LogP contribution in [0, 0.1) is 0 Å². The molecule has 10 heteroatoms. The van der Waals surface area contributed by atoms with E-state index >= 15 is 0 Å². The number of amides is 3. The molecule has 2 N–H and O–H groups in total. The van der Waals surface area contributed by atoms with Crippen molar-refractivity contribution in [1.29, 1.82) is 0 Å².